The Hall–Kier alpha value is -2.95. The van der Waals surface area contributed by atoms with Crippen molar-refractivity contribution in [3.05, 3.63) is 61.3 Å². The Morgan fingerprint density at radius 1 is 1.38 bits per heavy atom. The van der Waals surface area contributed by atoms with Crippen molar-refractivity contribution in [2.24, 2.45) is 0 Å². The third-order valence-electron chi connectivity index (χ3n) is 4.11. The van der Waals surface area contributed by atoms with Crippen LogP contribution >= 0.6 is 0 Å². The second-order valence-corrected chi connectivity index (χ2v) is 5.84. The summed E-state index contributed by atoms with van der Waals surface area (Å²) in [5.41, 5.74) is -0.799. The highest BCUT2D eigenvalue weighted by Crippen LogP contribution is 2.31. The number of aromatic amines is 1. The lowest BCUT2D eigenvalue weighted by Gasteiger charge is -2.28. The highest BCUT2D eigenvalue weighted by molar-refractivity contribution is 5.50. The lowest BCUT2D eigenvalue weighted by molar-refractivity contribution is -0.385. The molecule has 1 aromatic heterocycles. The maximum Gasteiger partial charge on any atom is 0.449 e. The van der Waals surface area contributed by atoms with E-state index in [-0.39, 0.29) is 36.3 Å². The van der Waals surface area contributed by atoms with Gasteiger partial charge in [-0.15, -0.1) is 0 Å². The molecule has 0 amide bonds. The number of benzene rings is 1. The molecule has 11 heteroatoms. The van der Waals surface area contributed by atoms with Crippen molar-refractivity contribution in [2.45, 2.75) is 25.7 Å². The first-order valence-corrected chi connectivity index (χ1v) is 7.53. The SMILES string of the molecule is O=c1[nH]c(C(F)(F)F)nc2c1CCN(Cc1cccc([N+](=O)[O-])c1O)C2. The molecule has 0 atom stereocenters. The quantitative estimate of drug-likeness (QED) is 0.631. The van der Waals surface area contributed by atoms with E-state index in [0.717, 1.165) is 6.07 Å². The van der Waals surface area contributed by atoms with Crippen LogP contribution in [0.3, 0.4) is 0 Å². The summed E-state index contributed by atoms with van der Waals surface area (Å²) < 4.78 is 38.4. The van der Waals surface area contributed by atoms with Gasteiger partial charge in [0.15, 0.2) is 5.75 Å². The van der Waals surface area contributed by atoms with Crippen LogP contribution in [-0.2, 0) is 25.7 Å². The number of halogens is 3. The van der Waals surface area contributed by atoms with Gasteiger partial charge in [-0.05, 0) is 6.42 Å². The number of rotatable bonds is 3. The number of phenolic OH excluding ortho intramolecular Hbond substituents is 1. The van der Waals surface area contributed by atoms with Crippen LogP contribution < -0.4 is 5.56 Å². The predicted octanol–water partition coefficient (Wildman–Crippen LogP) is 1.96. The first-order chi connectivity index (χ1) is 12.2. The Morgan fingerprint density at radius 3 is 2.77 bits per heavy atom. The molecule has 0 radical (unpaired) electrons. The number of nitrogens with one attached hydrogen (secondary N) is 1. The molecule has 2 N–H and O–H groups in total. The van der Waals surface area contributed by atoms with Gasteiger partial charge in [0.05, 0.1) is 10.6 Å². The summed E-state index contributed by atoms with van der Waals surface area (Å²) in [4.78, 5) is 28.9. The molecule has 3 rings (SSSR count). The number of para-hydroxylation sites is 1. The molecule has 0 unspecified atom stereocenters. The Bertz CT molecular complexity index is 926. The van der Waals surface area contributed by atoms with Crippen LogP contribution in [0, 0.1) is 10.1 Å². The van der Waals surface area contributed by atoms with Gasteiger partial charge in [0.2, 0.25) is 5.82 Å². The van der Waals surface area contributed by atoms with Crippen LogP contribution in [0.25, 0.3) is 0 Å². The number of nitro benzene ring substituents is 1. The van der Waals surface area contributed by atoms with Crippen LogP contribution in [0.2, 0.25) is 0 Å². The number of phenols is 1. The molecule has 0 aliphatic carbocycles. The zero-order valence-electron chi connectivity index (χ0n) is 13.2. The highest BCUT2D eigenvalue weighted by Gasteiger charge is 2.36. The molecule has 2 aromatic rings. The minimum Gasteiger partial charge on any atom is -0.502 e. The molecule has 1 aliphatic rings. The van der Waals surface area contributed by atoms with Gasteiger partial charge in [-0.3, -0.25) is 19.8 Å². The summed E-state index contributed by atoms with van der Waals surface area (Å²) in [6.07, 6.45) is -4.58. The fourth-order valence-electron chi connectivity index (χ4n) is 2.86. The number of alkyl halides is 3. The third-order valence-corrected chi connectivity index (χ3v) is 4.11. The second-order valence-electron chi connectivity index (χ2n) is 5.84. The van der Waals surface area contributed by atoms with Gasteiger partial charge in [0.1, 0.15) is 0 Å². The number of aromatic nitrogens is 2. The summed E-state index contributed by atoms with van der Waals surface area (Å²) in [6.45, 7) is 0.374. The van der Waals surface area contributed by atoms with Gasteiger partial charge in [0.25, 0.3) is 5.56 Å². The first-order valence-electron chi connectivity index (χ1n) is 7.53. The maximum absolute atomic E-state index is 12.8. The van der Waals surface area contributed by atoms with E-state index in [1.54, 1.807) is 9.88 Å². The Morgan fingerprint density at radius 2 is 2.12 bits per heavy atom. The average molecular weight is 370 g/mol. The van der Waals surface area contributed by atoms with Crippen LogP contribution in [0.5, 0.6) is 5.75 Å². The number of H-pyrrole nitrogens is 1. The van der Waals surface area contributed by atoms with Crippen molar-refractivity contribution >= 4 is 5.69 Å². The second kappa shape index (κ2) is 6.41. The van der Waals surface area contributed by atoms with Gasteiger partial charge >= 0.3 is 11.9 Å². The largest absolute Gasteiger partial charge is 0.502 e. The highest BCUT2D eigenvalue weighted by atomic mass is 19.4. The van der Waals surface area contributed by atoms with E-state index in [0.29, 0.717) is 6.54 Å². The molecule has 8 nitrogen and oxygen atoms in total. The molecule has 26 heavy (non-hydrogen) atoms. The molecule has 1 aromatic carbocycles. The fourth-order valence-corrected chi connectivity index (χ4v) is 2.86. The number of hydrogen-bond acceptors (Lipinski definition) is 6. The lowest BCUT2D eigenvalue weighted by atomic mass is 10.0. The van der Waals surface area contributed by atoms with Crippen molar-refractivity contribution in [1.82, 2.24) is 14.9 Å². The maximum atomic E-state index is 12.8. The molecule has 0 saturated heterocycles. The van der Waals surface area contributed by atoms with E-state index in [1.807, 2.05) is 0 Å². The van der Waals surface area contributed by atoms with E-state index >= 15 is 0 Å². The summed E-state index contributed by atoms with van der Waals surface area (Å²) in [5.74, 6) is -1.85. The van der Waals surface area contributed by atoms with Gasteiger partial charge in [-0.25, -0.2) is 4.98 Å². The molecule has 0 spiro atoms. The molecule has 2 heterocycles. The van der Waals surface area contributed by atoms with Crippen molar-refractivity contribution in [1.29, 1.82) is 0 Å². The Labute approximate surface area is 144 Å². The zero-order chi connectivity index (χ0) is 19.1. The summed E-state index contributed by atoms with van der Waals surface area (Å²) >= 11 is 0. The van der Waals surface area contributed by atoms with E-state index in [2.05, 4.69) is 4.98 Å². The van der Waals surface area contributed by atoms with Crippen LogP contribution in [0.15, 0.2) is 23.0 Å². The number of hydrogen-bond donors (Lipinski definition) is 2. The Balaban J connectivity index is 1.87. The standard InChI is InChI=1S/C15H13F3N4O4/c16-15(17,18)14-19-10-7-21(5-4-9(10)13(24)20-14)6-8-2-1-3-11(12(8)23)22(25)26/h1-3,23H,4-7H2,(H,19,20,24). The van der Waals surface area contributed by atoms with Crippen LogP contribution in [0.4, 0.5) is 18.9 Å². The topological polar surface area (TPSA) is 112 Å². The number of nitro groups is 1. The minimum absolute atomic E-state index is 0.0113. The molecule has 1 aliphatic heterocycles. The van der Waals surface area contributed by atoms with Gasteiger partial charge < -0.3 is 10.1 Å². The van der Waals surface area contributed by atoms with Gasteiger partial charge in [-0.2, -0.15) is 13.2 Å². The number of fused-ring (bicyclic) bond motifs is 1. The number of aromatic hydroxyl groups is 1. The minimum atomic E-state index is -4.77. The smallest absolute Gasteiger partial charge is 0.449 e. The lowest BCUT2D eigenvalue weighted by Crippen LogP contribution is -2.36. The average Bonchev–Trinajstić information content (AvgIpc) is 2.55. The zero-order valence-corrected chi connectivity index (χ0v) is 13.2. The summed E-state index contributed by atoms with van der Waals surface area (Å²) in [6, 6.07) is 4.06. The molecule has 138 valence electrons. The van der Waals surface area contributed by atoms with Crippen molar-refractivity contribution in [2.75, 3.05) is 6.54 Å². The predicted molar refractivity (Wildman–Crippen MR) is 82.4 cm³/mol. The Kier molecular flexibility index (Phi) is 4.40. The molecular formula is C15H13F3N4O4. The van der Waals surface area contributed by atoms with Gasteiger partial charge in [-0.1, -0.05) is 12.1 Å². The molecule has 0 saturated carbocycles. The molecule has 0 bridgehead atoms. The van der Waals surface area contributed by atoms with Crippen LogP contribution in [-0.4, -0.2) is 31.4 Å². The van der Waals surface area contributed by atoms with E-state index in [1.165, 1.54) is 12.1 Å². The molecule has 0 fully saturated rings. The normalized spacial score (nSPS) is 14.9. The summed E-state index contributed by atoms with van der Waals surface area (Å²) in [5, 5.41) is 20.9. The van der Waals surface area contributed by atoms with E-state index in [4.69, 9.17) is 0 Å². The summed E-state index contributed by atoms with van der Waals surface area (Å²) in [7, 11) is 0. The van der Waals surface area contributed by atoms with Crippen molar-refractivity contribution < 1.29 is 23.2 Å². The van der Waals surface area contributed by atoms with Crippen molar-refractivity contribution in [3.8, 4) is 5.75 Å². The van der Waals surface area contributed by atoms with Gasteiger partial charge in [0, 0.05) is 36.8 Å². The van der Waals surface area contributed by atoms with E-state index in [9.17, 15) is 33.2 Å². The van der Waals surface area contributed by atoms with E-state index < -0.39 is 33.9 Å². The monoisotopic (exact) mass is 370 g/mol. The fraction of sp³-hybridized carbons (Fsp3) is 0.333. The number of nitrogens with zero attached hydrogens (tertiary/aromatic N) is 3. The first kappa shape index (κ1) is 17.9. The molecular weight excluding hydrogens is 357 g/mol. The third kappa shape index (κ3) is 3.38. The van der Waals surface area contributed by atoms with Crippen molar-refractivity contribution in [3.63, 3.8) is 0 Å². The van der Waals surface area contributed by atoms with Crippen LogP contribution in [0.1, 0.15) is 22.6 Å².